The maximum Gasteiger partial charge on any atom is 0.306 e. The number of unbranched alkanes of at least 4 members (excludes halogenated alkanes) is 36. The fourth-order valence-electron chi connectivity index (χ4n) is 8.66. The lowest BCUT2D eigenvalue weighted by molar-refractivity contribution is -0.151. The Hall–Kier alpha value is -1.40. The standard InChI is InChI=1S/C55H107NO5/c1-4-7-10-13-16-19-22-24-25-26-27-28-29-31-33-36-39-42-45-48-55(60)61-51(46-43-40-37-34-32-30-23-20-17-14-11-8-5-2)49-54(59)56-52(50-57)53(58)47-44-41-38-35-21-18-15-12-9-6-3/h24-25,51-53,57-58H,4-23,26-50H2,1-3H3,(H,56,59)/b25-24+. The van der Waals surface area contributed by atoms with Gasteiger partial charge in [0.05, 0.1) is 25.2 Å². The van der Waals surface area contributed by atoms with Gasteiger partial charge in [-0.15, -0.1) is 0 Å². The van der Waals surface area contributed by atoms with E-state index in [9.17, 15) is 19.8 Å². The lowest BCUT2D eigenvalue weighted by Gasteiger charge is -2.24. The largest absolute Gasteiger partial charge is 0.462 e. The highest BCUT2D eigenvalue weighted by molar-refractivity contribution is 5.77. The van der Waals surface area contributed by atoms with Crippen LogP contribution < -0.4 is 5.32 Å². The molecule has 0 aliphatic rings. The van der Waals surface area contributed by atoms with Gasteiger partial charge in [0.15, 0.2) is 0 Å². The molecule has 362 valence electrons. The van der Waals surface area contributed by atoms with Crippen LogP contribution in [0, 0.1) is 0 Å². The molecule has 0 heterocycles. The van der Waals surface area contributed by atoms with E-state index in [1.54, 1.807) is 0 Å². The predicted molar refractivity (Wildman–Crippen MR) is 264 cm³/mol. The third-order valence-corrected chi connectivity index (χ3v) is 12.8. The second kappa shape index (κ2) is 49.6. The van der Waals surface area contributed by atoms with Crippen LogP contribution in [0.4, 0.5) is 0 Å². The van der Waals surface area contributed by atoms with Gasteiger partial charge in [-0.2, -0.15) is 0 Å². The Morgan fingerprint density at radius 1 is 0.459 bits per heavy atom. The number of aliphatic hydroxyl groups is 2. The van der Waals surface area contributed by atoms with Gasteiger partial charge in [0.1, 0.15) is 6.10 Å². The van der Waals surface area contributed by atoms with Crippen molar-refractivity contribution in [3.8, 4) is 0 Å². The number of esters is 1. The number of carbonyl (C=O) groups excluding carboxylic acids is 2. The monoisotopic (exact) mass is 862 g/mol. The summed E-state index contributed by atoms with van der Waals surface area (Å²) in [6.45, 7) is 6.50. The third-order valence-electron chi connectivity index (χ3n) is 12.8. The molecule has 0 bridgehead atoms. The normalized spacial score (nSPS) is 13.2. The number of carbonyl (C=O) groups is 2. The summed E-state index contributed by atoms with van der Waals surface area (Å²) in [6, 6.07) is -0.694. The molecule has 0 spiro atoms. The summed E-state index contributed by atoms with van der Waals surface area (Å²) in [5, 5.41) is 23.7. The van der Waals surface area contributed by atoms with Crippen LogP contribution in [0.15, 0.2) is 12.2 Å². The van der Waals surface area contributed by atoms with Gasteiger partial charge < -0.3 is 20.3 Å². The van der Waals surface area contributed by atoms with E-state index >= 15 is 0 Å². The average molecular weight is 862 g/mol. The first kappa shape index (κ1) is 59.6. The van der Waals surface area contributed by atoms with Crippen LogP contribution in [-0.2, 0) is 14.3 Å². The molecule has 0 aliphatic heterocycles. The molecule has 3 unspecified atom stereocenters. The number of hydrogen-bond donors (Lipinski definition) is 3. The van der Waals surface area contributed by atoms with Crippen molar-refractivity contribution in [1.29, 1.82) is 0 Å². The summed E-state index contributed by atoms with van der Waals surface area (Å²) in [5.41, 5.74) is 0. The van der Waals surface area contributed by atoms with Crippen LogP contribution in [0.1, 0.15) is 303 Å². The highest BCUT2D eigenvalue weighted by atomic mass is 16.5. The number of ether oxygens (including phenoxy) is 1. The summed E-state index contributed by atoms with van der Waals surface area (Å²) < 4.78 is 5.95. The van der Waals surface area contributed by atoms with E-state index in [2.05, 4.69) is 38.2 Å². The zero-order valence-electron chi connectivity index (χ0n) is 41.3. The minimum Gasteiger partial charge on any atom is -0.462 e. The molecule has 0 aromatic rings. The van der Waals surface area contributed by atoms with Gasteiger partial charge in [-0.3, -0.25) is 9.59 Å². The first-order valence-corrected chi connectivity index (χ1v) is 27.4. The molecule has 0 aromatic carbocycles. The van der Waals surface area contributed by atoms with Gasteiger partial charge in [-0.1, -0.05) is 251 Å². The van der Waals surface area contributed by atoms with E-state index in [-0.39, 0.29) is 24.9 Å². The molecule has 6 nitrogen and oxygen atoms in total. The van der Waals surface area contributed by atoms with Gasteiger partial charge >= 0.3 is 5.97 Å². The number of allylic oxidation sites excluding steroid dienone is 2. The fourth-order valence-corrected chi connectivity index (χ4v) is 8.66. The lowest BCUT2D eigenvalue weighted by Crippen LogP contribution is -2.46. The molecule has 3 atom stereocenters. The van der Waals surface area contributed by atoms with Crippen LogP contribution in [-0.4, -0.2) is 46.9 Å². The van der Waals surface area contributed by atoms with E-state index in [0.29, 0.717) is 19.3 Å². The van der Waals surface area contributed by atoms with Gasteiger partial charge in [0, 0.05) is 6.42 Å². The maximum absolute atomic E-state index is 13.2. The Kier molecular flexibility index (Phi) is 48.5. The van der Waals surface area contributed by atoms with E-state index in [0.717, 1.165) is 44.9 Å². The number of nitrogens with one attached hydrogen (secondary N) is 1. The lowest BCUT2D eigenvalue weighted by atomic mass is 10.0. The average Bonchev–Trinajstić information content (AvgIpc) is 3.25. The Balaban J connectivity index is 4.46. The van der Waals surface area contributed by atoms with Gasteiger partial charge in [-0.05, 0) is 51.4 Å². The molecular weight excluding hydrogens is 755 g/mol. The molecule has 0 rings (SSSR count). The van der Waals surface area contributed by atoms with Gasteiger partial charge in [0.25, 0.3) is 0 Å². The van der Waals surface area contributed by atoms with Crippen molar-refractivity contribution in [3.05, 3.63) is 12.2 Å². The summed E-state index contributed by atoms with van der Waals surface area (Å²) in [7, 11) is 0. The van der Waals surface area contributed by atoms with Crippen LogP contribution in [0.2, 0.25) is 0 Å². The number of hydrogen-bond acceptors (Lipinski definition) is 5. The van der Waals surface area contributed by atoms with E-state index in [4.69, 9.17) is 4.74 Å². The molecule has 1 amide bonds. The summed E-state index contributed by atoms with van der Waals surface area (Å²) in [6.07, 6.45) is 55.6. The second-order valence-electron chi connectivity index (χ2n) is 19.0. The molecule has 0 saturated heterocycles. The number of rotatable bonds is 50. The second-order valence-corrected chi connectivity index (χ2v) is 19.0. The van der Waals surface area contributed by atoms with Crippen LogP contribution in [0.5, 0.6) is 0 Å². The van der Waals surface area contributed by atoms with Crippen molar-refractivity contribution in [1.82, 2.24) is 5.32 Å². The van der Waals surface area contributed by atoms with Crippen molar-refractivity contribution < 1.29 is 24.5 Å². The Bertz CT molecular complexity index is 924. The maximum atomic E-state index is 13.2. The Morgan fingerprint density at radius 3 is 1.16 bits per heavy atom. The molecule has 6 heteroatoms. The predicted octanol–water partition coefficient (Wildman–Crippen LogP) is 16.5. The fraction of sp³-hybridized carbons (Fsp3) is 0.927. The highest BCUT2D eigenvalue weighted by Crippen LogP contribution is 2.19. The highest BCUT2D eigenvalue weighted by Gasteiger charge is 2.24. The zero-order valence-corrected chi connectivity index (χ0v) is 41.3. The number of amides is 1. The summed E-state index contributed by atoms with van der Waals surface area (Å²) >= 11 is 0. The first-order chi connectivity index (χ1) is 30.0. The van der Waals surface area contributed by atoms with Crippen molar-refractivity contribution in [2.75, 3.05) is 6.61 Å². The summed E-state index contributed by atoms with van der Waals surface area (Å²) in [5.74, 6) is -0.457. The SMILES string of the molecule is CCCCCCCC/C=C/CCCCCCCCCCCC(=O)OC(CCCCCCCCCCCCCCC)CC(=O)NC(CO)C(O)CCCCCCCCCCCC. The first-order valence-electron chi connectivity index (χ1n) is 27.4. The van der Waals surface area contributed by atoms with Gasteiger partial charge in [0.2, 0.25) is 5.91 Å². The molecule has 0 saturated carbocycles. The molecule has 61 heavy (non-hydrogen) atoms. The summed E-state index contributed by atoms with van der Waals surface area (Å²) in [4.78, 5) is 26.2. The van der Waals surface area contributed by atoms with Crippen molar-refractivity contribution >= 4 is 11.9 Å². The zero-order chi connectivity index (χ0) is 44.5. The van der Waals surface area contributed by atoms with Crippen LogP contribution >= 0.6 is 0 Å². The van der Waals surface area contributed by atoms with E-state index < -0.39 is 18.2 Å². The van der Waals surface area contributed by atoms with Crippen LogP contribution in [0.3, 0.4) is 0 Å². The molecule has 0 aliphatic carbocycles. The minimum atomic E-state index is -0.781. The van der Waals surface area contributed by atoms with E-state index in [1.807, 2.05) is 0 Å². The quantitative estimate of drug-likeness (QED) is 0.0322. The molecule has 0 fully saturated rings. The molecule has 0 radical (unpaired) electrons. The molecule has 3 N–H and O–H groups in total. The smallest absolute Gasteiger partial charge is 0.306 e. The Labute approximate surface area is 380 Å². The number of aliphatic hydroxyl groups excluding tert-OH is 2. The minimum absolute atomic E-state index is 0.0843. The van der Waals surface area contributed by atoms with Crippen molar-refractivity contribution in [3.63, 3.8) is 0 Å². The topological polar surface area (TPSA) is 95.9 Å². The third kappa shape index (κ3) is 45.0. The van der Waals surface area contributed by atoms with E-state index in [1.165, 1.54) is 212 Å². The molecule has 0 aromatic heterocycles. The van der Waals surface area contributed by atoms with Crippen molar-refractivity contribution in [2.24, 2.45) is 0 Å². The molecular formula is C55H107NO5. The van der Waals surface area contributed by atoms with Gasteiger partial charge in [-0.25, -0.2) is 0 Å². The van der Waals surface area contributed by atoms with Crippen LogP contribution in [0.25, 0.3) is 0 Å². The Morgan fingerprint density at radius 2 is 0.787 bits per heavy atom. The van der Waals surface area contributed by atoms with Crippen molar-refractivity contribution in [2.45, 2.75) is 322 Å².